The van der Waals surface area contributed by atoms with Crippen LogP contribution in [0.1, 0.15) is 25.3 Å². The van der Waals surface area contributed by atoms with Gasteiger partial charge in [-0.15, -0.1) is 0 Å². The van der Waals surface area contributed by atoms with Gasteiger partial charge in [0.2, 0.25) is 0 Å². The molecule has 0 aliphatic heterocycles. The Kier molecular flexibility index (Phi) is 3.49. The van der Waals surface area contributed by atoms with Crippen molar-refractivity contribution < 1.29 is 4.42 Å². The number of benzene rings is 1. The summed E-state index contributed by atoms with van der Waals surface area (Å²) in [5.74, 6) is 0.725. The second-order valence-electron chi connectivity index (χ2n) is 5.16. The highest BCUT2D eigenvalue weighted by Gasteiger charge is 2.12. The number of nitrogens with zero attached hydrogens (tertiary/aromatic N) is 2. The van der Waals surface area contributed by atoms with Crippen LogP contribution in [0.5, 0.6) is 0 Å². The van der Waals surface area contributed by atoms with E-state index in [9.17, 15) is 0 Å². The third kappa shape index (κ3) is 2.20. The molecular formula is C16H21N3O. The highest BCUT2D eigenvalue weighted by molar-refractivity contribution is 6.04. The van der Waals surface area contributed by atoms with Gasteiger partial charge in [0, 0.05) is 30.6 Å². The summed E-state index contributed by atoms with van der Waals surface area (Å²) in [6, 6.07) is 4.06. The zero-order valence-electron chi connectivity index (χ0n) is 12.4. The Hall–Kier alpha value is -1.81. The number of likely N-dealkylation sites (N-methyl/N-ethyl adjacent to an activating group) is 1. The average Bonchev–Trinajstić information content (AvgIpc) is 3.02. The van der Waals surface area contributed by atoms with E-state index in [1.165, 1.54) is 10.9 Å². The van der Waals surface area contributed by atoms with E-state index in [4.69, 9.17) is 4.42 Å². The Morgan fingerprint density at radius 1 is 1.25 bits per heavy atom. The van der Waals surface area contributed by atoms with Crippen LogP contribution in [0.2, 0.25) is 0 Å². The molecule has 20 heavy (non-hydrogen) atoms. The van der Waals surface area contributed by atoms with Crippen LogP contribution in [0.15, 0.2) is 22.7 Å². The Labute approximate surface area is 118 Å². The Morgan fingerprint density at radius 2 is 2.05 bits per heavy atom. The molecule has 0 spiro atoms. The Bertz CT molecular complexity index is 722. The van der Waals surface area contributed by atoms with E-state index >= 15 is 0 Å². The number of aryl methyl sites for hydroxylation is 1. The molecule has 0 radical (unpaired) electrons. The molecule has 2 aromatic heterocycles. The fraction of sp³-hybridized carbons (Fsp3) is 0.438. The Balaban J connectivity index is 2.00. The molecule has 3 rings (SSSR count). The molecule has 3 aromatic rings. The van der Waals surface area contributed by atoms with Crippen LogP contribution in [0.25, 0.3) is 22.0 Å². The fourth-order valence-electron chi connectivity index (χ4n) is 2.80. The first-order valence-corrected chi connectivity index (χ1v) is 7.31. The SMILES string of the molecule is CCN(CC)CCc1c[nH]c2ccc3oc(C)nc3c12. The van der Waals surface area contributed by atoms with E-state index in [0.717, 1.165) is 48.6 Å². The topological polar surface area (TPSA) is 45.1 Å². The zero-order valence-corrected chi connectivity index (χ0v) is 12.4. The lowest BCUT2D eigenvalue weighted by Crippen LogP contribution is -2.25. The first-order valence-electron chi connectivity index (χ1n) is 7.31. The smallest absolute Gasteiger partial charge is 0.192 e. The van der Waals surface area contributed by atoms with Crippen molar-refractivity contribution in [3.8, 4) is 0 Å². The zero-order chi connectivity index (χ0) is 14.1. The fourth-order valence-corrected chi connectivity index (χ4v) is 2.80. The lowest BCUT2D eigenvalue weighted by Gasteiger charge is -2.17. The predicted molar refractivity (Wildman–Crippen MR) is 82.1 cm³/mol. The molecule has 0 aliphatic carbocycles. The number of H-pyrrole nitrogens is 1. The molecule has 0 saturated heterocycles. The molecule has 106 valence electrons. The summed E-state index contributed by atoms with van der Waals surface area (Å²) in [6.45, 7) is 9.58. The first-order chi connectivity index (χ1) is 9.72. The van der Waals surface area contributed by atoms with Crippen LogP contribution in [-0.2, 0) is 6.42 Å². The minimum atomic E-state index is 0.725. The molecule has 0 aliphatic rings. The van der Waals surface area contributed by atoms with Crippen molar-refractivity contribution in [3.05, 3.63) is 29.8 Å². The molecule has 0 unspecified atom stereocenters. The summed E-state index contributed by atoms with van der Waals surface area (Å²) in [4.78, 5) is 10.3. The van der Waals surface area contributed by atoms with Crippen LogP contribution in [-0.4, -0.2) is 34.5 Å². The number of aromatic nitrogens is 2. The van der Waals surface area contributed by atoms with Crippen LogP contribution < -0.4 is 0 Å². The monoisotopic (exact) mass is 271 g/mol. The lowest BCUT2D eigenvalue weighted by molar-refractivity contribution is 0.308. The van der Waals surface area contributed by atoms with E-state index in [0.29, 0.717) is 0 Å². The molecule has 1 aromatic carbocycles. The maximum absolute atomic E-state index is 5.63. The number of nitrogens with one attached hydrogen (secondary N) is 1. The molecule has 0 amide bonds. The van der Waals surface area contributed by atoms with Gasteiger partial charge in [0.25, 0.3) is 0 Å². The van der Waals surface area contributed by atoms with E-state index in [1.54, 1.807) is 0 Å². The van der Waals surface area contributed by atoms with Crippen LogP contribution in [0.3, 0.4) is 0 Å². The quantitative estimate of drug-likeness (QED) is 0.772. The third-order valence-corrected chi connectivity index (χ3v) is 3.98. The normalized spacial score (nSPS) is 12.0. The van der Waals surface area contributed by atoms with Gasteiger partial charge in [-0.25, -0.2) is 4.98 Å². The third-order valence-electron chi connectivity index (χ3n) is 3.98. The summed E-state index contributed by atoms with van der Waals surface area (Å²) in [5, 5.41) is 1.21. The number of rotatable bonds is 5. The maximum atomic E-state index is 5.63. The summed E-state index contributed by atoms with van der Waals surface area (Å²) in [5.41, 5.74) is 4.32. The molecular weight excluding hydrogens is 250 g/mol. The van der Waals surface area contributed by atoms with Gasteiger partial charge < -0.3 is 14.3 Å². The highest BCUT2D eigenvalue weighted by atomic mass is 16.3. The molecule has 0 saturated carbocycles. The second kappa shape index (κ2) is 5.29. The lowest BCUT2D eigenvalue weighted by atomic mass is 10.1. The minimum absolute atomic E-state index is 0.725. The van der Waals surface area contributed by atoms with Crippen LogP contribution in [0, 0.1) is 6.92 Å². The summed E-state index contributed by atoms with van der Waals surface area (Å²) < 4.78 is 5.63. The van der Waals surface area contributed by atoms with Crippen molar-refractivity contribution in [2.24, 2.45) is 0 Å². The van der Waals surface area contributed by atoms with Crippen molar-refractivity contribution in [1.82, 2.24) is 14.9 Å². The van der Waals surface area contributed by atoms with E-state index in [2.05, 4.69) is 41.0 Å². The molecule has 1 N–H and O–H groups in total. The number of oxazole rings is 1. The number of aromatic amines is 1. The van der Waals surface area contributed by atoms with Crippen molar-refractivity contribution in [2.45, 2.75) is 27.2 Å². The van der Waals surface area contributed by atoms with Gasteiger partial charge in [0.1, 0.15) is 5.52 Å². The second-order valence-corrected chi connectivity index (χ2v) is 5.16. The van der Waals surface area contributed by atoms with Gasteiger partial charge in [-0.3, -0.25) is 0 Å². The molecule has 0 atom stereocenters. The predicted octanol–water partition coefficient (Wildman–Crippen LogP) is 3.50. The number of hydrogen-bond donors (Lipinski definition) is 1. The van der Waals surface area contributed by atoms with Gasteiger partial charge >= 0.3 is 0 Å². The van der Waals surface area contributed by atoms with Gasteiger partial charge in [-0.2, -0.15) is 0 Å². The van der Waals surface area contributed by atoms with Gasteiger partial charge in [-0.05, 0) is 37.2 Å². The molecule has 4 heteroatoms. The molecule has 0 bridgehead atoms. The van der Waals surface area contributed by atoms with Gasteiger partial charge in [0.15, 0.2) is 11.5 Å². The Morgan fingerprint density at radius 3 is 2.80 bits per heavy atom. The largest absolute Gasteiger partial charge is 0.441 e. The minimum Gasteiger partial charge on any atom is -0.441 e. The summed E-state index contributed by atoms with van der Waals surface area (Å²) in [7, 11) is 0. The van der Waals surface area contributed by atoms with Crippen LogP contribution >= 0.6 is 0 Å². The van der Waals surface area contributed by atoms with E-state index in [-0.39, 0.29) is 0 Å². The number of fused-ring (bicyclic) bond motifs is 3. The average molecular weight is 271 g/mol. The van der Waals surface area contributed by atoms with Gasteiger partial charge in [-0.1, -0.05) is 13.8 Å². The van der Waals surface area contributed by atoms with E-state index in [1.807, 2.05) is 13.0 Å². The first kappa shape index (κ1) is 13.2. The molecule has 4 nitrogen and oxygen atoms in total. The van der Waals surface area contributed by atoms with Crippen molar-refractivity contribution in [3.63, 3.8) is 0 Å². The van der Waals surface area contributed by atoms with Crippen molar-refractivity contribution in [1.29, 1.82) is 0 Å². The molecule has 2 heterocycles. The standard InChI is InChI=1S/C16H21N3O/c1-4-19(5-2)9-8-12-10-17-13-6-7-14-16(15(12)13)18-11(3)20-14/h6-7,10,17H,4-5,8-9H2,1-3H3. The summed E-state index contributed by atoms with van der Waals surface area (Å²) >= 11 is 0. The maximum Gasteiger partial charge on any atom is 0.192 e. The van der Waals surface area contributed by atoms with Crippen molar-refractivity contribution >= 4 is 22.0 Å². The van der Waals surface area contributed by atoms with E-state index < -0.39 is 0 Å². The summed E-state index contributed by atoms with van der Waals surface area (Å²) in [6.07, 6.45) is 3.14. The molecule has 0 fully saturated rings. The number of hydrogen-bond acceptors (Lipinski definition) is 3. The van der Waals surface area contributed by atoms with Crippen LogP contribution in [0.4, 0.5) is 0 Å². The van der Waals surface area contributed by atoms with Crippen molar-refractivity contribution in [2.75, 3.05) is 19.6 Å². The highest BCUT2D eigenvalue weighted by Crippen LogP contribution is 2.28. The van der Waals surface area contributed by atoms with Gasteiger partial charge in [0.05, 0.1) is 0 Å².